The van der Waals surface area contributed by atoms with Gasteiger partial charge in [0.25, 0.3) is 0 Å². The Morgan fingerprint density at radius 2 is 2.04 bits per heavy atom. The van der Waals surface area contributed by atoms with E-state index in [1.54, 1.807) is 5.01 Å². The van der Waals surface area contributed by atoms with Crippen LogP contribution in [0.1, 0.15) is 27.2 Å². The molecule has 0 aromatic heterocycles. The van der Waals surface area contributed by atoms with E-state index in [0.717, 1.165) is 35.4 Å². The highest BCUT2D eigenvalue weighted by Crippen LogP contribution is 2.36. The summed E-state index contributed by atoms with van der Waals surface area (Å²) < 4.78 is 0.870. The Bertz CT molecular complexity index is 602. The highest BCUT2D eigenvalue weighted by molar-refractivity contribution is 9.10. The van der Waals surface area contributed by atoms with E-state index in [9.17, 15) is 0 Å². The summed E-state index contributed by atoms with van der Waals surface area (Å²) in [7, 11) is 0. The Labute approximate surface area is 147 Å². The molecule has 0 radical (unpaired) electrons. The highest BCUT2D eigenvalue weighted by Gasteiger charge is 2.18. The van der Waals surface area contributed by atoms with Crippen molar-refractivity contribution < 1.29 is 0 Å². The topological polar surface area (TPSA) is 67.3 Å². The van der Waals surface area contributed by atoms with Gasteiger partial charge in [-0.3, -0.25) is 0 Å². The summed E-state index contributed by atoms with van der Waals surface area (Å²) in [6.45, 7) is 8.07. The zero-order valence-corrected chi connectivity index (χ0v) is 15.7. The number of rotatable bonds is 5. The molecule has 0 aliphatic heterocycles. The van der Waals surface area contributed by atoms with Crippen molar-refractivity contribution in [2.45, 2.75) is 27.2 Å². The number of anilines is 3. The molecule has 0 spiro atoms. The molecule has 0 saturated carbocycles. The second kappa shape index (κ2) is 7.41. The van der Waals surface area contributed by atoms with Crippen LogP contribution in [-0.2, 0) is 0 Å². The van der Waals surface area contributed by atoms with Crippen LogP contribution < -0.4 is 21.9 Å². The minimum Gasteiger partial charge on any atom is -0.396 e. The molecule has 1 aliphatic rings. The smallest absolute Gasteiger partial charge is 0.0759 e. The Kier molecular flexibility index (Phi) is 5.76. The number of nitrogens with two attached hydrogens (primary N) is 2. The molecule has 0 saturated heterocycles. The van der Waals surface area contributed by atoms with Gasteiger partial charge >= 0.3 is 0 Å². The fourth-order valence-corrected chi connectivity index (χ4v) is 3.07. The van der Waals surface area contributed by atoms with Gasteiger partial charge in [-0.1, -0.05) is 45.1 Å². The zero-order valence-electron chi connectivity index (χ0n) is 14.1. The number of nitrogens with one attached hydrogen (secondary N) is 1. The molecular weight excluding hydrogens is 352 g/mol. The molecule has 2 rings (SSSR count). The van der Waals surface area contributed by atoms with Crippen molar-refractivity contribution in [3.05, 3.63) is 40.9 Å². The van der Waals surface area contributed by atoms with Gasteiger partial charge in [0.15, 0.2) is 0 Å². The fourth-order valence-electron chi connectivity index (χ4n) is 2.59. The van der Waals surface area contributed by atoms with Gasteiger partial charge in [-0.25, -0.2) is 5.84 Å². The first-order chi connectivity index (χ1) is 10.8. The maximum Gasteiger partial charge on any atom is 0.0759 e. The Morgan fingerprint density at radius 1 is 1.30 bits per heavy atom. The lowest BCUT2D eigenvalue weighted by molar-refractivity contribution is 0.412. The van der Waals surface area contributed by atoms with E-state index >= 15 is 0 Å². The lowest BCUT2D eigenvalue weighted by Crippen LogP contribution is -2.38. The van der Waals surface area contributed by atoms with Crippen LogP contribution in [0.25, 0.3) is 0 Å². The average Bonchev–Trinajstić information content (AvgIpc) is 2.48. The molecule has 0 fully saturated rings. The minimum atomic E-state index is 0.103. The maximum absolute atomic E-state index is 6.28. The number of benzene rings is 1. The molecule has 0 amide bonds. The number of hydrogen-bond acceptors (Lipinski definition) is 4. The van der Waals surface area contributed by atoms with Crippen LogP contribution in [0, 0.1) is 11.3 Å². The molecule has 1 aromatic rings. The van der Waals surface area contributed by atoms with Crippen LogP contribution in [-0.4, -0.2) is 13.1 Å². The fraction of sp³-hybridized carbons (Fsp3) is 0.444. The second-order valence-corrected chi connectivity index (χ2v) is 8.03. The third-order valence-corrected chi connectivity index (χ3v) is 4.59. The largest absolute Gasteiger partial charge is 0.396 e. The van der Waals surface area contributed by atoms with Crippen molar-refractivity contribution in [1.82, 2.24) is 0 Å². The summed E-state index contributed by atoms with van der Waals surface area (Å²) in [6.07, 6.45) is 9.67. The molecule has 1 aliphatic carbocycles. The van der Waals surface area contributed by atoms with Crippen LogP contribution in [0.3, 0.4) is 0 Å². The molecule has 1 aromatic carbocycles. The van der Waals surface area contributed by atoms with Crippen LogP contribution in [0.15, 0.2) is 40.9 Å². The standard InChI is InChI=1S/C18H27BrN4/c1-18(2,3)12-23(21)15-10-9-14(16(19)17(15)20)22-11-13-7-5-4-6-8-13/h4-7,9-10,13,22H,8,11-12,20-21H2,1-3H3. The number of hydrogen-bond donors (Lipinski definition) is 3. The Balaban J connectivity index is 2.07. The number of nitrogens with zero attached hydrogens (tertiary/aromatic N) is 1. The van der Waals surface area contributed by atoms with Crippen molar-refractivity contribution >= 4 is 33.0 Å². The summed E-state index contributed by atoms with van der Waals surface area (Å²) in [5.74, 6) is 6.70. The number of halogens is 1. The van der Waals surface area contributed by atoms with E-state index in [4.69, 9.17) is 11.6 Å². The molecule has 23 heavy (non-hydrogen) atoms. The lowest BCUT2D eigenvalue weighted by atomic mass is 9.96. The predicted octanol–water partition coefficient (Wildman–Crippen LogP) is 4.30. The molecule has 0 heterocycles. The third kappa shape index (κ3) is 5.01. The quantitative estimate of drug-likeness (QED) is 0.405. The molecule has 0 bridgehead atoms. The molecule has 5 heteroatoms. The first-order valence-electron chi connectivity index (χ1n) is 7.95. The van der Waals surface area contributed by atoms with Crippen molar-refractivity contribution in [2.75, 3.05) is 29.1 Å². The monoisotopic (exact) mass is 378 g/mol. The summed E-state index contributed by atoms with van der Waals surface area (Å²) in [5.41, 5.74) is 8.89. The Hall–Kier alpha value is -1.46. The summed E-state index contributed by atoms with van der Waals surface area (Å²) >= 11 is 3.60. The van der Waals surface area contributed by atoms with Crippen molar-refractivity contribution in [3.63, 3.8) is 0 Å². The molecule has 4 nitrogen and oxygen atoms in total. The van der Waals surface area contributed by atoms with E-state index in [0.29, 0.717) is 11.6 Å². The van der Waals surface area contributed by atoms with E-state index in [1.807, 2.05) is 12.1 Å². The van der Waals surface area contributed by atoms with Gasteiger partial charge in [-0.05, 0) is 45.8 Å². The number of hydrazine groups is 1. The maximum atomic E-state index is 6.28. The zero-order chi connectivity index (χ0) is 17.0. The van der Waals surface area contributed by atoms with Crippen LogP contribution >= 0.6 is 15.9 Å². The van der Waals surface area contributed by atoms with Gasteiger partial charge in [0.1, 0.15) is 0 Å². The van der Waals surface area contributed by atoms with Crippen molar-refractivity contribution in [2.24, 2.45) is 17.2 Å². The lowest BCUT2D eigenvalue weighted by Gasteiger charge is -2.29. The van der Waals surface area contributed by atoms with E-state index in [-0.39, 0.29) is 5.41 Å². The first kappa shape index (κ1) is 17.9. The molecule has 126 valence electrons. The summed E-state index contributed by atoms with van der Waals surface area (Å²) in [6, 6.07) is 4.01. The van der Waals surface area contributed by atoms with Gasteiger partial charge in [0.05, 0.1) is 21.5 Å². The van der Waals surface area contributed by atoms with E-state index in [1.165, 1.54) is 0 Å². The molecule has 5 N–H and O–H groups in total. The number of allylic oxidation sites excluding steroid dienone is 3. The summed E-state index contributed by atoms with van der Waals surface area (Å²) in [5, 5.41) is 5.19. The van der Waals surface area contributed by atoms with Gasteiger partial charge in [0.2, 0.25) is 0 Å². The minimum absolute atomic E-state index is 0.103. The van der Waals surface area contributed by atoms with Crippen LogP contribution in [0.5, 0.6) is 0 Å². The van der Waals surface area contributed by atoms with Gasteiger partial charge in [0, 0.05) is 13.1 Å². The van der Waals surface area contributed by atoms with E-state index < -0.39 is 0 Å². The van der Waals surface area contributed by atoms with Crippen LogP contribution in [0.2, 0.25) is 0 Å². The van der Waals surface area contributed by atoms with Crippen LogP contribution in [0.4, 0.5) is 17.1 Å². The molecule has 1 atom stereocenters. The summed E-state index contributed by atoms with van der Waals surface area (Å²) in [4.78, 5) is 0. The first-order valence-corrected chi connectivity index (χ1v) is 8.74. The SMILES string of the molecule is CC(C)(C)CN(N)c1ccc(NCC2C=CC=CC2)c(Br)c1N. The highest BCUT2D eigenvalue weighted by atomic mass is 79.9. The van der Waals surface area contributed by atoms with Crippen molar-refractivity contribution in [3.8, 4) is 0 Å². The van der Waals surface area contributed by atoms with Crippen molar-refractivity contribution in [1.29, 1.82) is 0 Å². The Morgan fingerprint density at radius 3 is 2.65 bits per heavy atom. The predicted molar refractivity (Wildman–Crippen MR) is 104 cm³/mol. The van der Waals surface area contributed by atoms with Gasteiger partial charge in [-0.2, -0.15) is 0 Å². The molecular formula is C18H27BrN4. The van der Waals surface area contributed by atoms with Gasteiger partial charge < -0.3 is 16.1 Å². The normalized spacial score (nSPS) is 17.3. The third-order valence-electron chi connectivity index (χ3n) is 3.73. The van der Waals surface area contributed by atoms with Gasteiger partial charge in [-0.15, -0.1) is 0 Å². The average molecular weight is 379 g/mol. The van der Waals surface area contributed by atoms with E-state index in [2.05, 4.69) is 66.3 Å². The number of nitrogen functional groups attached to an aromatic ring is 1. The molecule has 1 unspecified atom stereocenters. The second-order valence-electron chi connectivity index (χ2n) is 7.24.